The van der Waals surface area contributed by atoms with Crippen LogP contribution in [-0.2, 0) is 19.0 Å². The maximum atomic E-state index is 11.6. The van der Waals surface area contributed by atoms with Crippen molar-refractivity contribution in [2.45, 2.75) is 116 Å². The SMILES string of the molecule is CCCCCCCCCCCCCCCCCC(=O)OC1COC(=O)O1. The molecule has 1 rings (SSSR count). The molecule has 0 saturated carbocycles. The van der Waals surface area contributed by atoms with Gasteiger partial charge in [-0.05, 0) is 6.42 Å². The van der Waals surface area contributed by atoms with Gasteiger partial charge in [0.15, 0.2) is 6.61 Å². The zero-order chi connectivity index (χ0) is 18.9. The standard InChI is InChI=1S/C21H38O5/c1-2-3-4-5-6-7-8-9-10-11-12-13-14-15-16-17-19(22)25-20-18-24-21(23)26-20/h20H,2-18H2,1H3. The summed E-state index contributed by atoms with van der Waals surface area (Å²) >= 11 is 0. The highest BCUT2D eigenvalue weighted by atomic mass is 16.8. The van der Waals surface area contributed by atoms with Crippen LogP contribution in [0, 0.1) is 0 Å². The van der Waals surface area contributed by atoms with Crippen LogP contribution in [0.2, 0.25) is 0 Å². The van der Waals surface area contributed by atoms with Crippen LogP contribution in [0.25, 0.3) is 0 Å². The van der Waals surface area contributed by atoms with Gasteiger partial charge in [-0.1, -0.05) is 96.8 Å². The first-order valence-electron chi connectivity index (χ1n) is 10.7. The summed E-state index contributed by atoms with van der Waals surface area (Å²) in [5, 5.41) is 0. The Labute approximate surface area is 159 Å². The quantitative estimate of drug-likeness (QED) is 0.222. The van der Waals surface area contributed by atoms with E-state index < -0.39 is 12.4 Å². The van der Waals surface area contributed by atoms with Gasteiger partial charge in [0.25, 0.3) is 6.29 Å². The van der Waals surface area contributed by atoms with Crippen LogP contribution >= 0.6 is 0 Å². The summed E-state index contributed by atoms with van der Waals surface area (Å²) in [6.07, 6.45) is 18.2. The molecule has 0 aromatic carbocycles. The van der Waals surface area contributed by atoms with Gasteiger partial charge in [0.05, 0.1) is 0 Å². The second-order valence-electron chi connectivity index (χ2n) is 7.30. The maximum Gasteiger partial charge on any atom is 0.511 e. The van der Waals surface area contributed by atoms with E-state index in [0.29, 0.717) is 6.42 Å². The van der Waals surface area contributed by atoms with Crippen LogP contribution in [0.15, 0.2) is 0 Å². The van der Waals surface area contributed by atoms with E-state index in [-0.39, 0.29) is 12.6 Å². The van der Waals surface area contributed by atoms with Crippen molar-refractivity contribution >= 4 is 12.1 Å². The van der Waals surface area contributed by atoms with E-state index in [1.807, 2.05) is 0 Å². The molecule has 0 aliphatic carbocycles. The molecule has 0 aromatic heterocycles. The van der Waals surface area contributed by atoms with Crippen molar-refractivity contribution in [3.8, 4) is 0 Å². The van der Waals surface area contributed by atoms with Gasteiger partial charge in [-0.2, -0.15) is 0 Å². The number of rotatable bonds is 17. The molecule has 0 spiro atoms. The fourth-order valence-corrected chi connectivity index (χ4v) is 3.22. The van der Waals surface area contributed by atoms with Crippen molar-refractivity contribution in [3.63, 3.8) is 0 Å². The Hall–Kier alpha value is -1.26. The summed E-state index contributed by atoms with van der Waals surface area (Å²) in [6, 6.07) is 0. The van der Waals surface area contributed by atoms with Gasteiger partial charge >= 0.3 is 12.1 Å². The average molecular weight is 371 g/mol. The first kappa shape index (κ1) is 22.8. The smallest absolute Gasteiger partial charge is 0.426 e. The van der Waals surface area contributed by atoms with Crippen LogP contribution < -0.4 is 0 Å². The molecule has 1 aliphatic rings. The molecule has 0 bridgehead atoms. The Morgan fingerprint density at radius 2 is 1.31 bits per heavy atom. The number of unbranched alkanes of at least 4 members (excludes halogenated alkanes) is 14. The summed E-state index contributed by atoms with van der Waals surface area (Å²) in [6.45, 7) is 2.27. The zero-order valence-corrected chi connectivity index (χ0v) is 16.6. The molecule has 1 aliphatic heterocycles. The van der Waals surface area contributed by atoms with Gasteiger partial charge in [0.2, 0.25) is 0 Å². The van der Waals surface area contributed by atoms with Crippen LogP contribution in [0.4, 0.5) is 4.79 Å². The third kappa shape index (κ3) is 13.0. The van der Waals surface area contributed by atoms with Crippen molar-refractivity contribution in [3.05, 3.63) is 0 Å². The molecule has 5 nitrogen and oxygen atoms in total. The van der Waals surface area contributed by atoms with E-state index in [1.54, 1.807) is 0 Å². The molecule has 1 unspecified atom stereocenters. The highest BCUT2D eigenvalue weighted by molar-refractivity contribution is 5.70. The summed E-state index contributed by atoms with van der Waals surface area (Å²) in [5.74, 6) is -0.317. The molecule has 5 heteroatoms. The van der Waals surface area contributed by atoms with E-state index in [0.717, 1.165) is 12.8 Å². The number of esters is 1. The Bertz CT molecular complexity index is 369. The summed E-state index contributed by atoms with van der Waals surface area (Å²) in [5.41, 5.74) is 0. The zero-order valence-electron chi connectivity index (χ0n) is 16.6. The molecule has 0 radical (unpaired) electrons. The van der Waals surface area contributed by atoms with Crippen molar-refractivity contribution in [2.24, 2.45) is 0 Å². The van der Waals surface area contributed by atoms with Crippen molar-refractivity contribution in [1.82, 2.24) is 0 Å². The van der Waals surface area contributed by atoms with Gasteiger partial charge in [0.1, 0.15) is 0 Å². The summed E-state index contributed by atoms with van der Waals surface area (Å²) < 4.78 is 14.2. The summed E-state index contributed by atoms with van der Waals surface area (Å²) in [4.78, 5) is 22.3. The molecule has 1 saturated heterocycles. The van der Waals surface area contributed by atoms with Crippen LogP contribution in [-0.4, -0.2) is 25.0 Å². The third-order valence-electron chi connectivity index (χ3n) is 4.81. The number of hydrogen-bond donors (Lipinski definition) is 0. The van der Waals surface area contributed by atoms with E-state index in [2.05, 4.69) is 16.4 Å². The largest absolute Gasteiger partial charge is 0.511 e. The minimum Gasteiger partial charge on any atom is -0.426 e. The molecule has 0 N–H and O–H groups in total. The molecule has 1 fully saturated rings. The van der Waals surface area contributed by atoms with Crippen molar-refractivity contribution in [1.29, 1.82) is 0 Å². The molecule has 0 aromatic rings. The summed E-state index contributed by atoms with van der Waals surface area (Å²) in [7, 11) is 0. The molecule has 26 heavy (non-hydrogen) atoms. The Balaban J connectivity index is 1.74. The Kier molecular flexibility index (Phi) is 14.0. The number of hydrogen-bond acceptors (Lipinski definition) is 5. The lowest BCUT2D eigenvalue weighted by atomic mass is 10.0. The fraction of sp³-hybridized carbons (Fsp3) is 0.905. The monoisotopic (exact) mass is 370 g/mol. The van der Waals surface area contributed by atoms with E-state index in [9.17, 15) is 9.59 Å². The Morgan fingerprint density at radius 3 is 1.73 bits per heavy atom. The second-order valence-corrected chi connectivity index (χ2v) is 7.30. The topological polar surface area (TPSA) is 61.8 Å². The number of carbonyl (C=O) groups excluding carboxylic acids is 2. The van der Waals surface area contributed by atoms with Gasteiger partial charge in [0, 0.05) is 6.42 Å². The maximum absolute atomic E-state index is 11.6. The van der Waals surface area contributed by atoms with Crippen molar-refractivity contribution in [2.75, 3.05) is 6.61 Å². The van der Waals surface area contributed by atoms with Crippen molar-refractivity contribution < 1.29 is 23.8 Å². The van der Waals surface area contributed by atoms with E-state index >= 15 is 0 Å². The van der Waals surface area contributed by atoms with Crippen LogP contribution in [0.3, 0.4) is 0 Å². The molecular weight excluding hydrogens is 332 g/mol. The van der Waals surface area contributed by atoms with Gasteiger partial charge < -0.3 is 14.2 Å². The molecule has 0 amide bonds. The molecular formula is C21H38O5. The number of carbonyl (C=O) groups is 2. The van der Waals surface area contributed by atoms with E-state index in [1.165, 1.54) is 83.5 Å². The second kappa shape index (κ2) is 16.0. The molecule has 1 heterocycles. The van der Waals surface area contributed by atoms with E-state index in [4.69, 9.17) is 4.74 Å². The fourth-order valence-electron chi connectivity index (χ4n) is 3.22. The average Bonchev–Trinajstić information content (AvgIpc) is 3.03. The van der Waals surface area contributed by atoms with Gasteiger partial charge in [-0.15, -0.1) is 0 Å². The van der Waals surface area contributed by atoms with Crippen LogP contribution in [0.5, 0.6) is 0 Å². The minimum atomic E-state index is -0.855. The first-order chi connectivity index (χ1) is 12.7. The highest BCUT2D eigenvalue weighted by Crippen LogP contribution is 2.14. The Morgan fingerprint density at radius 1 is 0.846 bits per heavy atom. The minimum absolute atomic E-state index is 0.00340. The van der Waals surface area contributed by atoms with Gasteiger partial charge in [-0.3, -0.25) is 4.79 Å². The third-order valence-corrected chi connectivity index (χ3v) is 4.81. The molecule has 152 valence electrons. The lowest BCUT2D eigenvalue weighted by Gasteiger charge is -2.08. The number of cyclic esters (lactones) is 2. The number of ether oxygens (including phenoxy) is 3. The first-order valence-corrected chi connectivity index (χ1v) is 10.7. The predicted octanol–water partition coefficient (Wildman–Crippen LogP) is 6.28. The lowest BCUT2D eigenvalue weighted by Crippen LogP contribution is -2.19. The highest BCUT2D eigenvalue weighted by Gasteiger charge is 2.27. The normalized spacial score (nSPS) is 16.3. The predicted molar refractivity (Wildman–Crippen MR) is 102 cm³/mol. The van der Waals surface area contributed by atoms with Gasteiger partial charge in [-0.25, -0.2) is 4.79 Å². The van der Waals surface area contributed by atoms with Crippen LogP contribution in [0.1, 0.15) is 110 Å². The lowest BCUT2D eigenvalue weighted by molar-refractivity contribution is -0.163. The molecule has 1 atom stereocenters.